The molecule has 0 unspecified atom stereocenters. The van der Waals surface area contributed by atoms with E-state index >= 15 is 0 Å². The van der Waals surface area contributed by atoms with E-state index in [1.807, 2.05) is 0 Å². The van der Waals surface area contributed by atoms with Gasteiger partial charge in [0, 0.05) is 17.2 Å². The van der Waals surface area contributed by atoms with Crippen molar-refractivity contribution in [2.24, 2.45) is 5.73 Å². The molecule has 1 aliphatic carbocycles. The Balaban J connectivity index is 1.53. The third-order valence-corrected chi connectivity index (χ3v) is 4.65. The molecule has 12 heteroatoms. The number of carbonyl (C=O) groups is 3. The van der Waals surface area contributed by atoms with Crippen molar-refractivity contribution in [1.82, 2.24) is 30.2 Å². The van der Waals surface area contributed by atoms with Gasteiger partial charge in [-0.1, -0.05) is 0 Å². The monoisotopic (exact) mass is 420 g/mol. The van der Waals surface area contributed by atoms with Crippen LogP contribution in [0.3, 0.4) is 0 Å². The summed E-state index contributed by atoms with van der Waals surface area (Å²) in [6.07, 6.45) is 5.02. The van der Waals surface area contributed by atoms with Crippen LogP contribution in [0.15, 0.2) is 36.2 Å². The number of imide groups is 1. The highest BCUT2D eigenvalue weighted by molar-refractivity contribution is 6.14. The smallest absolute Gasteiger partial charge is 0.327 e. The van der Waals surface area contributed by atoms with Crippen LogP contribution in [0.1, 0.15) is 28.8 Å². The Kier molecular flexibility index (Phi) is 4.24. The van der Waals surface area contributed by atoms with E-state index in [-0.39, 0.29) is 17.7 Å². The molecule has 2 aliphatic rings. The summed E-state index contributed by atoms with van der Waals surface area (Å²) >= 11 is 0. The summed E-state index contributed by atoms with van der Waals surface area (Å²) in [5.74, 6) is -0.241. The summed E-state index contributed by atoms with van der Waals surface area (Å²) < 4.78 is 7.27. The number of amides is 4. The van der Waals surface area contributed by atoms with E-state index in [1.54, 1.807) is 12.1 Å². The fraction of sp³-hybridized carbons (Fsp3) is 0.158. The van der Waals surface area contributed by atoms with E-state index in [4.69, 9.17) is 10.5 Å². The molecule has 156 valence electrons. The second-order valence-electron chi connectivity index (χ2n) is 7.04. The third kappa shape index (κ3) is 3.73. The lowest BCUT2D eigenvalue weighted by molar-refractivity contribution is -0.115. The minimum absolute atomic E-state index is 0.0440. The molecule has 0 atom stereocenters. The van der Waals surface area contributed by atoms with Gasteiger partial charge in [0.1, 0.15) is 11.4 Å². The lowest BCUT2D eigenvalue weighted by Crippen LogP contribution is -2.22. The molecular formula is C19H16N8O4. The van der Waals surface area contributed by atoms with Crippen molar-refractivity contribution < 1.29 is 19.1 Å². The van der Waals surface area contributed by atoms with Crippen LogP contribution in [0.25, 0.3) is 11.7 Å². The summed E-state index contributed by atoms with van der Waals surface area (Å²) in [7, 11) is 0. The molecule has 2 aromatic heterocycles. The minimum Gasteiger partial charge on any atom is -0.424 e. The van der Waals surface area contributed by atoms with Gasteiger partial charge in [0.2, 0.25) is 11.9 Å². The first kappa shape index (κ1) is 18.5. The zero-order valence-electron chi connectivity index (χ0n) is 16.0. The second kappa shape index (κ2) is 7.09. The van der Waals surface area contributed by atoms with E-state index in [1.165, 1.54) is 28.9 Å². The van der Waals surface area contributed by atoms with Gasteiger partial charge < -0.3 is 21.1 Å². The molecule has 3 aromatic rings. The normalized spacial score (nSPS) is 17.0. The number of benzene rings is 1. The number of nitrogens with two attached hydrogens (primary N) is 1. The average Bonchev–Trinajstić information content (AvgIpc) is 3.37. The van der Waals surface area contributed by atoms with Gasteiger partial charge in [-0.15, -0.1) is 0 Å². The van der Waals surface area contributed by atoms with Gasteiger partial charge in [-0.2, -0.15) is 19.6 Å². The molecule has 0 bridgehead atoms. The van der Waals surface area contributed by atoms with Crippen LogP contribution in [0.4, 0.5) is 10.7 Å². The molecule has 2 fully saturated rings. The van der Waals surface area contributed by atoms with Gasteiger partial charge in [0.05, 0.1) is 6.20 Å². The number of rotatable bonds is 6. The number of hydrogen-bond donors (Lipinski definition) is 4. The summed E-state index contributed by atoms with van der Waals surface area (Å²) in [6, 6.07) is 5.97. The van der Waals surface area contributed by atoms with Crippen molar-refractivity contribution >= 4 is 35.5 Å². The van der Waals surface area contributed by atoms with Gasteiger partial charge in [-0.25, -0.2) is 4.79 Å². The number of nitrogens with zero attached hydrogens (tertiary/aromatic N) is 4. The number of hydrogen-bond acceptors (Lipinski definition) is 8. The van der Waals surface area contributed by atoms with Gasteiger partial charge in [-0.05, 0) is 43.2 Å². The van der Waals surface area contributed by atoms with E-state index in [9.17, 15) is 14.4 Å². The number of ether oxygens (including phenoxy) is 1. The Hall–Kier alpha value is -4.48. The Morgan fingerprint density at radius 1 is 1.19 bits per heavy atom. The molecule has 31 heavy (non-hydrogen) atoms. The number of carbonyl (C=O) groups excluding carboxylic acids is 3. The zero-order chi connectivity index (χ0) is 21.5. The third-order valence-electron chi connectivity index (χ3n) is 4.65. The Morgan fingerprint density at radius 3 is 2.61 bits per heavy atom. The first-order valence-corrected chi connectivity index (χ1v) is 9.40. The largest absolute Gasteiger partial charge is 0.424 e. The fourth-order valence-corrected chi connectivity index (χ4v) is 2.96. The second-order valence-corrected chi connectivity index (χ2v) is 7.04. The molecule has 5 N–H and O–H groups in total. The Morgan fingerprint density at radius 2 is 1.97 bits per heavy atom. The SMILES string of the molecule is NC(=O)c1ccc(Oc2nc(NC3CC3)n3ncc(/C=C4\NC(=O)NC4=O)c3n2)cc1. The Bertz CT molecular complexity index is 1260. The predicted molar refractivity (Wildman–Crippen MR) is 107 cm³/mol. The van der Waals surface area contributed by atoms with E-state index in [0.29, 0.717) is 28.5 Å². The average molecular weight is 420 g/mol. The molecule has 1 aromatic carbocycles. The van der Waals surface area contributed by atoms with Crippen molar-refractivity contribution in [2.45, 2.75) is 18.9 Å². The minimum atomic E-state index is -0.595. The lowest BCUT2D eigenvalue weighted by atomic mass is 10.2. The van der Waals surface area contributed by atoms with Crippen molar-refractivity contribution in [1.29, 1.82) is 0 Å². The zero-order valence-corrected chi connectivity index (χ0v) is 16.0. The molecule has 12 nitrogen and oxygen atoms in total. The number of urea groups is 1. The molecule has 1 saturated carbocycles. The van der Waals surface area contributed by atoms with Crippen LogP contribution in [-0.4, -0.2) is 43.5 Å². The summed E-state index contributed by atoms with van der Waals surface area (Å²) in [5, 5.41) is 12.1. The number of primary amides is 1. The summed E-state index contributed by atoms with van der Waals surface area (Å²) in [4.78, 5) is 43.3. The highest BCUT2D eigenvalue weighted by Crippen LogP contribution is 2.27. The molecular weight excluding hydrogens is 404 g/mol. The van der Waals surface area contributed by atoms with Crippen LogP contribution in [0.5, 0.6) is 11.8 Å². The van der Waals surface area contributed by atoms with Crippen LogP contribution in [0.2, 0.25) is 0 Å². The van der Waals surface area contributed by atoms with Crippen LogP contribution < -0.4 is 26.4 Å². The van der Waals surface area contributed by atoms with Gasteiger partial charge >= 0.3 is 12.0 Å². The maximum atomic E-state index is 11.9. The van der Waals surface area contributed by atoms with Crippen molar-refractivity contribution in [3.63, 3.8) is 0 Å². The topological polar surface area (TPSA) is 166 Å². The lowest BCUT2D eigenvalue weighted by Gasteiger charge is -2.09. The van der Waals surface area contributed by atoms with E-state index in [0.717, 1.165) is 12.8 Å². The number of aromatic nitrogens is 4. The molecule has 0 spiro atoms. The van der Waals surface area contributed by atoms with Crippen molar-refractivity contribution in [3.05, 3.63) is 47.3 Å². The highest BCUT2D eigenvalue weighted by Gasteiger charge is 2.26. The molecule has 3 heterocycles. The predicted octanol–water partition coefficient (Wildman–Crippen LogP) is 0.770. The van der Waals surface area contributed by atoms with Crippen molar-refractivity contribution in [2.75, 3.05) is 5.32 Å². The number of fused-ring (bicyclic) bond motifs is 1. The molecule has 0 radical (unpaired) electrons. The van der Waals surface area contributed by atoms with Gasteiger partial charge in [0.15, 0.2) is 5.65 Å². The molecule has 5 rings (SSSR count). The first-order valence-electron chi connectivity index (χ1n) is 9.40. The Labute approximate surface area is 174 Å². The number of nitrogens with one attached hydrogen (secondary N) is 3. The van der Waals surface area contributed by atoms with Gasteiger partial charge in [0.25, 0.3) is 5.91 Å². The molecule has 1 aliphatic heterocycles. The number of anilines is 1. The van der Waals surface area contributed by atoms with E-state index < -0.39 is 17.8 Å². The highest BCUT2D eigenvalue weighted by atomic mass is 16.5. The van der Waals surface area contributed by atoms with E-state index in [2.05, 4.69) is 31.0 Å². The van der Waals surface area contributed by atoms with Crippen LogP contribution in [-0.2, 0) is 4.79 Å². The van der Waals surface area contributed by atoms with Gasteiger partial charge in [-0.3, -0.25) is 14.9 Å². The van der Waals surface area contributed by atoms with Crippen LogP contribution in [0, 0.1) is 0 Å². The standard InChI is InChI=1S/C19H16N8O4/c20-14(28)9-1-5-12(6-2-9)31-19-24-15-10(7-13-16(29)25-18(30)23-13)8-21-27(15)17(26-19)22-11-3-4-11/h1-2,5-8,11H,3-4H2,(H2,20,28)(H,22,24,26)(H2,23,25,29,30)/b13-7-. The summed E-state index contributed by atoms with van der Waals surface area (Å²) in [5.41, 5.74) is 6.56. The molecule has 1 saturated heterocycles. The van der Waals surface area contributed by atoms with Crippen molar-refractivity contribution in [3.8, 4) is 11.8 Å². The maximum absolute atomic E-state index is 11.9. The van der Waals surface area contributed by atoms with Crippen LogP contribution >= 0.6 is 0 Å². The first-order chi connectivity index (χ1) is 15.0. The summed E-state index contributed by atoms with van der Waals surface area (Å²) in [6.45, 7) is 0. The maximum Gasteiger partial charge on any atom is 0.327 e. The molecule has 4 amide bonds. The quantitative estimate of drug-likeness (QED) is 0.335. The fourth-order valence-electron chi connectivity index (χ4n) is 2.96.